The van der Waals surface area contributed by atoms with Crippen LogP contribution in [0.1, 0.15) is 25.1 Å². The lowest BCUT2D eigenvalue weighted by Gasteiger charge is -2.46. The van der Waals surface area contributed by atoms with Gasteiger partial charge in [-0.25, -0.2) is 4.79 Å². The third-order valence-electron chi connectivity index (χ3n) is 6.84. The fourth-order valence-electron chi connectivity index (χ4n) is 4.91. The van der Waals surface area contributed by atoms with Gasteiger partial charge in [0.15, 0.2) is 5.69 Å². The molecule has 13 heteroatoms. The number of benzene rings is 1. The van der Waals surface area contributed by atoms with E-state index < -0.39 is 22.9 Å². The SMILES string of the molecule is C[C@@H](O)[C@H]1C(=O)N2C(C(=O)OCc3ccc([N+](=O)[O-])cc3)=C(SC3CN(c4nc(C#N)co4)C3)[C@H](C)[C@H]12. The van der Waals surface area contributed by atoms with Gasteiger partial charge in [-0.2, -0.15) is 10.2 Å². The van der Waals surface area contributed by atoms with E-state index in [0.29, 0.717) is 24.7 Å². The van der Waals surface area contributed by atoms with Crippen molar-refractivity contribution in [1.82, 2.24) is 9.88 Å². The summed E-state index contributed by atoms with van der Waals surface area (Å²) in [5.74, 6) is -1.75. The zero-order valence-corrected chi connectivity index (χ0v) is 20.8. The summed E-state index contributed by atoms with van der Waals surface area (Å²) in [5.41, 5.74) is 0.892. The van der Waals surface area contributed by atoms with E-state index in [9.17, 15) is 24.8 Å². The first kappa shape index (κ1) is 24.8. The number of carbonyl (C=O) groups is 2. The molecule has 1 N–H and O–H groups in total. The molecule has 0 bridgehead atoms. The Kier molecular flexibility index (Phi) is 6.38. The zero-order chi connectivity index (χ0) is 26.4. The summed E-state index contributed by atoms with van der Waals surface area (Å²) < 4.78 is 10.9. The standard InChI is InChI=1S/C24H23N5O7S/c1-12-19-18(13(2)30)22(31)28(19)20(23(32)35-10-14-3-5-16(6-4-14)29(33)34)21(12)37-17-8-27(9-17)24-26-15(7-25)11-36-24/h3-6,11-13,17-19,30H,8-10H2,1-2H3/t12-,13-,18-,19-/m1/s1. The molecule has 0 unspecified atom stereocenters. The molecule has 4 heterocycles. The Bertz CT molecular complexity index is 1330. The minimum Gasteiger partial charge on any atom is -0.456 e. The van der Waals surface area contributed by atoms with Crippen molar-refractivity contribution in [3.8, 4) is 6.07 Å². The molecule has 2 fully saturated rings. The number of oxazole rings is 1. The van der Waals surface area contributed by atoms with E-state index in [2.05, 4.69) is 4.98 Å². The number of rotatable bonds is 8. The molecule has 37 heavy (non-hydrogen) atoms. The van der Waals surface area contributed by atoms with Gasteiger partial charge >= 0.3 is 5.97 Å². The van der Waals surface area contributed by atoms with Gasteiger partial charge in [-0.3, -0.25) is 14.9 Å². The van der Waals surface area contributed by atoms with Crippen molar-refractivity contribution in [2.24, 2.45) is 11.8 Å². The van der Waals surface area contributed by atoms with Crippen molar-refractivity contribution in [2.75, 3.05) is 18.0 Å². The van der Waals surface area contributed by atoms with Crippen molar-refractivity contribution >= 4 is 35.3 Å². The van der Waals surface area contributed by atoms with Crippen LogP contribution >= 0.6 is 11.8 Å². The van der Waals surface area contributed by atoms with Crippen LogP contribution in [0.5, 0.6) is 0 Å². The molecule has 3 aliphatic rings. The first-order valence-corrected chi connectivity index (χ1v) is 12.5. The Labute approximate surface area is 215 Å². The summed E-state index contributed by atoms with van der Waals surface area (Å²) in [7, 11) is 0. The molecular weight excluding hydrogens is 502 g/mol. The second kappa shape index (κ2) is 9.53. The van der Waals surface area contributed by atoms with Gasteiger partial charge in [0.05, 0.1) is 23.0 Å². The Morgan fingerprint density at radius 3 is 2.70 bits per heavy atom. The average molecular weight is 526 g/mol. The van der Waals surface area contributed by atoms with Crippen LogP contribution in [0.4, 0.5) is 11.7 Å². The smallest absolute Gasteiger partial charge is 0.356 e. The number of anilines is 1. The van der Waals surface area contributed by atoms with E-state index in [-0.39, 0.29) is 46.8 Å². The van der Waals surface area contributed by atoms with E-state index in [1.807, 2.05) is 17.9 Å². The number of hydrogen-bond donors (Lipinski definition) is 1. The maximum absolute atomic E-state index is 13.2. The number of thioether (sulfide) groups is 1. The molecule has 0 aliphatic carbocycles. The van der Waals surface area contributed by atoms with Gasteiger partial charge in [0.25, 0.3) is 11.7 Å². The number of amides is 1. The average Bonchev–Trinajstić information content (AvgIpc) is 3.40. The van der Waals surface area contributed by atoms with E-state index in [0.717, 1.165) is 4.91 Å². The lowest BCUT2D eigenvalue weighted by Crippen LogP contribution is -2.63. The zero-order valence-electron chi connectivity index (χ0n) is 19.9. The summed E-state index contributed by atoms with van der Waals surface area (Å²) in [4.78, 5) is 44.6. The van der Waals surface area contributed by atoms with Gasteiger partial charge in [0.1, 0.15) is 24.6 Å². The molecule has 4 atom stereocenters. The maximum Gasteiger partial charge on any atom is 0.356 e. The number of aliphatic hydroxyl groups is 1. The fraction of sp³-hybridized carbons (Fsp3) is 0.417. The molecular formula is C24H23N5O7S. The summed E-state index contributed by atoms with van der Waals surface area (Å²) in [5, 5.41) is 30.1. The molecule has 2 aromatic rings. The molecule has 0 spiro atoms. The van der Waals surface area contributed by atoms with Crippen molar-refractivity contribution in [2.45, 2.75) is 37.9 Å². The number of carbonyl (C=O) groups excluding carboxylic acids is 2. The number of aromatic nitrogens is 1. The van der Waals surface area contributed by atoms with Crippen LogP contribution in [0.15, 0.2) is 45.5 Å². The first-order valence-electron chi connectivity index (χ1n) is 11.6. The van der Waals surface area contributed by atoms with Gasteiger partial charge in [-0.15, -0.1) is 11.8 Å². The molecule has 0 radical (unpaired) electrons. The highest BCUT2D eigenvalue weighted by atomic mass is 32.2. The molecule has 1 amide bonds. The monoisotopic (exact) mass is 525 g/mol. The number of esters is 1. The minimum absolute atomic E-state index is 0.0672. The van der Waals surface area contributed by atoms with Crippen LogP contribution in [0.2, 0.25) is 0 Å². The predicted molar refractivity (Wildman–Crippen MR) is 130 cm³/mol. The van der Waals surface area contributed by atoms with Crippen LogP contribution in [0, 0.1) is 33.3 Å². The highest BCUT2D eigenvalue weighted by Crippen LogP contribution is 2.52. The second-order valence-corrected chi connectivity index (χ2v) is 10.6. The van der Waals surface area contributed by atoms with E-state index >= 15 is 0 Å². The van der Waals surface area contributed by atoms with Crippen molar-refractivity contribution in [3.63, 3.8) is 0 Å². The number of fused-ring (bicyclic) bond motifs is 1. The number of nitro benzene ring substituents is 1. The van der Waals surface area contributed by atoms with Crippen LogP contribution < -0.4 is 4.90 Å². The van der Waals surface area contributed by atoms with Crippen LogP contribution in [0.25, 0.3) is 0 Å². The van der Waals surface area contributed by atoms with Gasteiger partial charge in [0.2, 0.25) is 5.91 Å². The van der Waals surface area contributed by atoms with Crippen molar-refractivity contribution in [3.05, 3.63) is 62.5 Å². The predicted octanol–water partition coefficient (Wildman–Crippen LogP) is 2.19. The molecule has 5 rings (SSSR count). The van der Waals surface area contributed by atoms with Gasteiger partial charge in [-0.05, 0) is 24.6 Å². The minimum atomic E-state index is -0.850. The molecule has 12 nitrogen and oxygen atoms in total. The number of nitriles is 1. The summed E-state index contributed by atoms with van der Waals surface area (Å²) in [6.07, 6.45) is 0.444. The van der Waals surface area contributed by atoms with Crippen LogP contribution in [-0.4, -0.2) is 62.3 Å². The lowest BCUT2D eigenvalue weighted by atomic mass is 9.79. The van der Waals surface area contributed by atoms with Gasteiger partial charge < -0.3 is 24.1 Å². The second-order valence-electron chi connectivity index (χ2n) is 9.24. The maximum atomic E-state index is 13.2. The Morgan fingerprint density at radius 1 is 1.41 bits per heavy atom. The third-order valence-corrected chi connectivity index (χ3v) is 8.29. The number of β-lactam (4-membered cyclic amide) rings is 1. The Balaban J connectivity index is 1.32. The summed E-state index contributed by atoms with van der Waals surface area (Å²) >= 11 is 1.49. The van der Waals surface area contributed by atoms with Crippen molar-refractivity contribution < 1.29 is 28.8 Å². The molecule has 3 aliphatic heterocycles. The summed E-state index contributed by atoms with van der Waals surface area (Å²) in [6, 6.07) is 7.64. The highest BCUT2D eigenvalue weighted by Gasteiger charge is 2.60. The third kappa shape index (κ3) is 4.32. The number of nitrogens with zero attached hydrogens (tertiary/aromatic N) is 5. The number of nitro groups is 1. The normalized spacial score (nSPS) is 23.7. The lowest BCUT2D eigenvalue weighted by molar-refractivity contribution is -0.384. The molecule has 0 saturated carbocycles. The highest BCUT2D eigenvalue weighted by molar-refractivity contribution is 8.03. The number of non-ortho nitro benzene ring substituents is 1. The Hall–Kier alpha value is -3.89. The summed E-state index contributed by atoms with van der Waals surface area (Å²) in [6.45, 7) is 4.55. The number of ether oxygens (including phenoxy) is 1. The largest absolute Gasteiger partial charge is 0.456 e. The van der Waals surface area contributed by atoms with Gasteiger partial charge in [-0.1, -0.05) is 6.92 Å². The van der Waals surface area contributed by atoms with E-state index in [1.165, 1.54) is 47.2 Å². The quantitative estimate of drug-likeness (QED) is 0.232. The van der Waals surface area contributed by atoms with Crippen molar-refractivity contribution in [1.29, 1.82) is 5.26 Å². The Morgan fingerprint density at radius 2 is 2.11 bits per heavy atom. The van der Waals surface area contributed by atoms with Crippen LogP contribution in [0.3, 0.4) is 0 Å². The van der Waals surface area contributed by atoms with Gasteiger partial charge in [0, 0.05) is 41.3 Å². The molecule has 1 aromatic heterocycles. The number of aliphatic hydroxyl groups excluding tert-OH is 1. The molecule has 1 aromatic carbocycles. The van der Waals surface area contributed by atoms with Crippen LogP contribution in [-0.2, 0) is 20.9 Å². The first-order chi connectivity index (χ1) is 17.7. The van der Waals surface area contributed by atoms with E-state index in [4.69, 9.17) is 14.4 Å². The number of hydrogen-bond acceptors (Lipinski definition) is 11. The fourth-order valence-corrected chi connectivity index (χ4v) is 6.43. The van der Waals surface area contributed by atoms with E-state index in [1.54, 1.807) is 6.92 Å². The molecule has 192 valence electrons. The topological polar surface area (TPSA) is 163 Å². The molecule has 2 saturated heterocycles.